The highest BCUT2D eigenvalue weighted by Crippen LogP contribution is 2.32. The summed E-state index contributed by atoms with van der Waals surface area (Å²) in [5, 5.41) is 10.6. The minimum atomic E-state index is -1.37. The lowest BCUT2D eigenvalue weighted by atomic mass is 10.0. The van der Waals surface area contributed by atoms with E-state index < -0.39 is 17.7 Å². The van der Waals surface area contributed by atoms with Crippen LogP contribution in [0.4, 0.5) is 8.78 Å². The number of hydrogen-bond donors (Lipinski definition) is 1. The molecule has 1 atom stereocenters. The van der Waals surface area contributed by atoms with Crippen molar-refractivity contribution in [2.24, 2.45) is 0 Å². The molecule has 1 nitrogen and oxygen atoms in total. The maximum Gasteiger partial charge on any atom is 0.164 e. The van der Waals surface area contributed by atoms with E-state index in [0.717, 1.165) is 6.07 Å². The number of aliphatic hydroxyl groups excluding tert-OH is 1. The van der Waals surface area contributed by atoms with Crippen LogP contribution in [0.15, 0.2) is 36.4 Å². The van der Waals surface area contributed by atoms with E-state index in [0.29, 0.717) is 5.02 Å². The number of aliphatic hydroxyl groups is 1. The first kappa shape index (κ1) is 13.3. The van der Waals surface area contributed by atoms with Crippen LogP contribution in [0.1, 0.15) is 17.2 Å². The maximum atomic E-state index is 13.6. The Morgan fingerprint density at radius 3 is 2.44 bits per heavy atom. The fourth-order valence-electron chi connectivity index (χ4n) is 1.62. The summed E-state index contributed by atoms with van der Waals surface area (Å²) in [6, 6.07) is 8.03. The third-order valence-electron chi connectivity index (χ3n) is 2.53. The van der Waals surface area contributed by atoms with E-state index >= 15 is 0 Å². The monoisotopic (exact) mass is 288 g/mol. The molecule has 0 amide bonds. The van der Waals surface area contributed by atoms with Crippen molar-refractivity contribution < 1.29 is 13.9 Å². The molecule has 0 aliphatic carbocycles. The Bertz CT molecular complexity index is 585. The van der Waals surface area contributed by atoms with Crippen LogP contribution >= 0.6 is 23.2 Å². The molecule has 0 aromatic heterocycles. The number of halogens is 4. The Labute approximate surface area is 113 Å². The third-order valence-corrected chi connectivity index (χ3v) is 3.11. The van der Waals surface area contributed by atoms with E-state index in [-0.39, 0.29) is 16.1 Å². The van der Waals surface area contributed by atoms with Crippen LogP contribution in [0.3, 0.4) is 0 Å². The van der Waals surface area contributed by atoms with Crippen LogP contribution in [0.25, 0.3) is 0 Å². The zero-order valence-electron chi connectivity index (χ0n) is 9.00. The van der Waals surface area contributed by atoms with Gasteiger partial charge in [-0.3, -0.25) is 0 Å². The molecule has 0 fully saturated rings. The Balaban J connectivity index is 2.51. The minimum absolute atomic E-state index is 0.181. The molecule has 0 spiro atoms. The molecule has 0 aliphatic rings. The van der Waals surface area contributed by atoms with Crippen molar-refractivity contribution in [3.8, 4) is 0 Å². The van der Waals surface area contributed by atoms with E-state index in [2.05, 4.69) is 0 Å². The number of hydrogen-bond acceptors (Lipinski definition) is 1. The van der Waals surface area contributed by atoms with Crippen LogP contribution in [-0.4, -0.2) is 5.11 Å². The summed E-state index contributed by atoms with van der Waals surface area (Å²) in [5.74, 6) is -2.12. The van der Waals surface area contributed by atoms with Gasteiger partial charge in [-0.05, 0) is 24.3 Å². The molecule has 1 N–H and O–H groups in total. The average molecular weight is 289 g/mol. The van der Waals surface area contributed by atoms with Crippen molar-refractivity contribution >= 4 is 23.2 Å². The first-order valence-corrected chi connectivity index (χ1v) is 5.83. The Hall–Kier alpha value is -1.16. The maximum absolute atomic E-state index is 13.6. The highest BCUT2D eigenvalue weighted by atomic mass is 35.5. The molecule has 0 heterocycles. The second kappa shape index (κ2) is 5.22. The molecule has 94 valence electrons. The van der Waals surface area contributed by atoms with E-state index in [1.54, 1.807) is 6.07 Å². The molecule has 2 aromatic carbocycles. The summed E-state index contributed by atoms with van der Waals surface area (Å²) in [4.78, 5) is 0. The normalized spacial score (nSPS) is 12.5. The number of rotatable bonds is 2. The first-order valence-electron chi connectivity index (χ1n) is 5.07. The van der Waals surface area contributed by atoms with Crippen molar-refractivity contribution in [3.05, 3.63) is 69.2 Å². The smallest absolute Gasteiger partial charge is 0.164 e. The third kappa shape index (κ3) is 2.48. The molecular weight excluding hydrogens is 281 g/mol. The van der Waals surface area contributed by atoms with Crippen LogP contribution in [0.5, 0.6) is 0 Å². The standard InChI is InChI=1S/C13H8Cl2F2O/c14-7-4-5-10(15)9(6-7)13(18)8-2-1-3-11(16)12(8)17/h1-6,13,18H. The van der Waals surface area contributed by atoms with Gasteiger partial charge in [0.15, 0.2) is 11.6 Å². The fourth-order valence-corrected chi connectivity index (χ4v) is 2.02. The Kier molecular flexibility index (Phi) is 3.85. The Morgan fingerprint density at radius 2 is 1.72 bits per heavy atom. The summed E-state index contributed by atoms with van der Waals surface area (Å²) < 4.78 is 26.6. The van der Waals surface area contributed by atoms with Gasteiger partial charge >= 0.3 is 0 Å². The first-order chi connectivity index (χ1) is 8.50. The van der Waals surface area contributed by atoms with Gasteiger partial charge in [-0.2, -0.15) is 0 Å². The average Bonchev–Trinajstić information content (AvgIpc) is 2.35. The molecule has 0 bridgehead atoms. The largest absolute Gasteiger partial charge is 0.383 e. The molecule has 18 heavy (non-hydrogen) atoms. The lowest BCUT2D eigenvalue weighted by Gasteiger charge is -2.14. The Morgan fingerprint density at radius 1 is 1.00 bits per heavy atom. The van der Waals surface area contributed by atoms with Crippen molar-refractivity contribution in [3.63, 3.8) is 0 Å². The lowest BCUT2D eigenvalue weighted by molar-refractivity contribution is 0.213. The molecule has 0 saturated heterocycles. The van der Waals surface area contributed by atoms with Crippen LogP contribution in [-0.2, 0) is 0 Å². The van der Waals surface area contributed by atoms with Gasteiger partial charge in [-0.25, -0.2) is 8.78 Å². The van der Waals surface area contributed by atoms with Crippen molar-refractivity contribution in [1.29, 1.82) is 0 Å². The van der Waals surface area contributed by atoms with Gasteiger partial charge in [0.25, 0.3) is 0 Å². The summed E-state index contributed by atoms with van der Waals surface area (Å²) in [7, 11) is 0. The van der Waals surface area contributed by atoms with Crippen LogP contribution in [0.2, 0.25) is 10.0 Å². The summed E-state index contributed by atoms with van der Waals surface area (Å²) >= 11 is 11.7. The van der Waals surface area contributed by atoms with Crippen molar-refractivity contribution in [2.45, 2.75) is 6.10 Å². The fraction of sp³-hybridized carbons (Fsp3) is 0.0769. The molecule has 0 aliphatic heterocycles. The van der Waals surface area contributed by atoms with Gasteiger partial charge in [0.1, 0.15) is 6.10 Å². The summed E-state index contributed by atoms with van der Waals surface area (Å²) in [6.07, 6.45) is -1.37. The SMILES string of the molecule is OC(c1cc(Cl)ccc1Cl)c1cccc(F)c1F. The van der Waals surface area contributed by atoms with E-state index in [4.69, 9.17) is 23.2 Å². The van der Waals surface area contributed by atoms with Crippen LogP contribution in [0, 0.1) is 11.6 Å². The second-order valence-electron chi connectivity index (χ2n) is 3.71. The van der Waals surface area contributed by atoms with E-state index in [9.17, 15) is 13.9 Å². The summed E-state index contributed by atoms with van der Waals surface area (Å²) in [5.41, 5.74) is 0.0489. The van der Waals surface area contributed by atoms with Gasteiger partial charge in [0.05, 0.1) is 0 Å². The van der Waals surface area contributed by atoms with Gasteiger partial charge in [0.2, 0.25) is 0 Å². The predicted octanol–water partition coefficient (Wildman–Crippen LogP) is 4.35. The van der Waals surface area contributed by atoms with Crippen LogP contribution < -0.4 is 0 Å². The molecular formula is C13H8Cl2F2O. The topological polar surface area (TPSA) is 20.2 Å². The molecule has 0 saturated carbocycles. The van der Waals surface area contributed by atoms with E-state index in [1.807, 2.05) is 0 Å². The van der Waals surface area contributed by atoms with Gasteiger partial charge < -0.3 is 5.11 Å². The molecule has 2 rings (SSSR count). The number of benzene rings is 2. The van der Waals surface area contributed by atoms with Crippen molar-refractivity contribution in [2.75, 3.05) is 0 Å². The molecule has 5 heteroatoms. The van der Waals surface area contributed by atoms with Gasteiger partial charge in [0, 0.05) is 21.2 Å². The molecule has 2 aromatic rings. The van der Waals surface area contributed by atoms with E-state index in [1.165, 1.54) is 24.3 Å². The second-order valence-corrected chi connectivity index (χ2v) is 4.56. The van der Waals surface area contributed by atoms with Gasteiger partial charge in [-0.15, -0.1) is 0 Å². The minimum Gasteiger partial charge on any atom is -0.383 e. The molecule has 1 unspecified atom stereocenters. The zero-order valence-corrected chi connectivity index (χ0v) is 10.5. The lowest BCUT2D eigenvalue weighted by Crippen LogP contribution is -2.04. The summed E-state index contributed by atoms with van der Waals surface area (Å²) in [6.45, 7) is 0. The quantitative estimate of drug-likeness (QED) is 0.871. The highest BCUT2D eigenvalue weighted by Gasteiger charge is 2.20. The van der Waals surface area contributed by atoms with Crippen molar-refractivity contribution in [1.82, 2.24) is 0 Å². The zero-order chi connectivity index (χ0) is 13.3. The predicted molar refractivity (Wildman–Crippen MR) is 66.9 cm³/mol. The highest BCUT2D eigenvalue weighted by molar-refractivity contribution is 6.33. The molecule has 0 radical (unpaired) electrons. The van der Waals surface area contributed by atoms with Gasteiger partial charge in [-0.1, -0.05) is 35.3 Å².